The van der Waals surface area contributed by atoms with E-state index in [4.69, 9.17) is 10.2 Å². The van der Waals surface area contributed by atoms with E-state index in [1.165, 1.54) is 6.07 Å². The van der Waals surface area contributed by atoms with Gasteiger partial charge in [-0.2, -0.15) is 0 Å². The lowest BCUT2D eigenvalue weighted by Gasteiger charge is -2.09. The maximum atomic E-state index is 12.2. The van der Waals surface area contributed by atoms with Crippen LogP contribution in [0.3, 0.4) is 0 Å². The number of nitrogen functional groups attached to an aromatic ring is 1. The molecule has 0 unspecified atom stereocenters. The van der Waals surface area contributed by atoms with Crippen LogP contribution in [0.4, 0.5) is 5.69 Å². The largest absolute Gasteiger partial charge is 0.506 e. The van der Waals surface area contributed by atoms with Crippen LogP contribution < -0.4 is 11.4 Å². The Labute approximate surface area is 115 Å². The van der Waals surface area contributed by atoms with Crippen molar-refractivity contribution in [1.82, 2.24) is 0 Å². The lowest BCUT2D eigenvalue weighted by atomic mass is 9.99. The highest BCUT2D eigenvalue weighted by Crippen LogP contribution is 2.31. The number of benzene rings is 2. The van der Waals surface area contributed by atoms with E-state index in [2.05, 4.69) is 0 Å². The third kappa shape index (κ3) is 1.82. The van der Waals surface area contributed by atoms with Crippen LogP contribution in [0.15, 0.2) is 51.7 Å². The average Bonchev–Trinajstić information content (AvgIpc) is 2.43. The Morgan fingerprint density at radius 3 is 2.55 bits per heavy atom. The third-order valence-electron chi connectivity index (χ3n) is 3.38. The van der Waals surface area contributed by atoms with Gasteiger partial charge in [0.15, 0.2) is 0 Å². The zero-order valence-electron chi connectivity index (χ0n) is 10.9. The smallest absolute Gasteiger partial charge is 0.344 e. The van der Waals surface area contributed by atoms with E-state index in [-0.39, 0.29) is 11.4 Å². The van der Waals surface area contributed by atoms with Gasteiger partial charge in [0.05, 0.1) is 11.3 Å². The SMILES string of the molecule is Cc1c(-c2ccccc2)c(=O)oc2cc(O)c(N)cc12. The maximum absolute atomic E-state index is 12.2. The predicted octanol–water partition coefficient (Wildman–Crippen LogP) is 3.06. The number of rotatable bonds is 1. The zero-order valence-corrected chi connectivity index (χ0v) is 10.9. The van der Waals surface area contributed by atoms with Gasteiger partial charge in [-0.1, -0.05) is 30.3 Å². The van der Waals surface area contributed by atoms with Crippen LogP contribution in [-0.2, 0) is 0 Å². The number of anilines is 1. The van der Waals surface area contributed by atoms with Gasteiger partial charge in [-0.15, -0.1) is 0 Å². The molecule has 0 aliphatic heterocycles. The summed E-state index contributed by atoms with van der Waals surface area (Å²) in [4.78, 5) is 12.2. The van der Waals surface area contributed by atoms with E-state index >= 15 is 0 Å². The Hall–Kier alpha value is -2.75. The van der Waals surface area contributed by atoms with Gasteiger partial charge in [-0.05, 0) is 24.1 Å². The molecule has 0 spiro atoms. The number of phenolic OH excluding ortho intramolecular Hbond substituents is 1. The van der Waals surface area contributed by atoms with Gasteiger partial charge in [0.2, 0.25) is 0 Å². The topological polar surface area (TPSA) is 76.5 Å². The summed E-state index contributed by atoms with van der Waals surface area (Å²) in [7, 11) is 0. The lowest BCUT2D eigenvalue weighted by molar-refractivity contribution is 0.475. The minimum Gasteiger partial charge on any atom is -0.506 e. The predicted molar refractivity (Wildman–Crippen MR) is 78.7 cm³/mol. The van der Waals surface area contributed by atoms with Crippen LogP contribution in [0.25, 0.3) is 22.1 Å². The van der Waals surface area contributed by atoms with Crippen LogP contribution in [0.1, 0.15) is 5.56 Å². The molecule has 0 saturated heterocycles. The molecule has 2 aromatic carbocycles. The molecule has 0 radical (unpaired) electrons. The second-order valence-corrected chi connectivity index (χ2v) is 4.66. The summed E-state index contributed by atoms with van der Waals surface area (Å²) >= 11 is 0. The van der Waals surface area contributed by atoms with E-state index in [0.29, 0.717) is 11.1 Å². The molecule has 1 heterocycles. The van der Waals surface area contributed by atoms with Gasteiger partial charge in [-0.3, -0.25) is 0 Å². The molecule has 1 aromatic heterocycles. The first-order chi connectivity index (χ1) is 9.58. The monoisotopic (exact) mass is 267 g/mol. The fourth-order valence-corrected chi connectivity index (χ4v) is 2.34. The van der Waals surface area contributed by atoms with E-state index in [1.807, 2.05) is 37.3 Å². The van der Waals surface area contributed by atoms with E-state index in [9.17, 15) is 9.90 Å². The Balaban J connectivity index is 2.41. The number of aryl methyl sites for hydroxylation is 1. The van der Waals surface area contributed by atoms with Crippen molar-refractivity contribution in [3.05, 3.63) is 58.4 Å². The summed E-state index contributed by atoms with van der Waals surface area (Å²) in [5.41, 5.74) is 7.98. The minimum absolute atomic E-state index is 0.0903. The van der Waals surface area contributed by atoms with Crippen LogP contribution in [0.5, 0.6) is 5.75 Å². The van der Waals surface area contributed by atoms with Crippen molar-refractivity contribution in [3.8, 4) is 16.9 Å². The fourth-order valence-electron chi connectivity index (χ4n) is 2.34. The first kappa shape index (κ1) is 12.3. The first-order valence-corrected chi connectivity index (χ1v) is 6.19. The van der Waals surface area contributed by atoms with Crippen molar-refractivity contribution >= 4 is 16.7 Å². The Morgan fingerprint density at radius 2 is 1.85 bits per heavy atom. The molecule has 0 fully saturated rings. The molecular formula is C16H13NO3. The van der Waals surface area contributed by atoms with Crippen molar-refractivity contribution in [2.75, 3.05) is 5.73 Å². The number of hydrogen-bond acceptors (Lipinski definition) is 4. The number of nitrogens with two attached hydrogens (primary N) is 1. The van der Waals surface area contributed by atoms with Crippen molar-refractivity contribution in [1.29, 1.82) is 0 Å². The second-order valence-electron chi connectivity index (χ2n) is 4.66. The lowest BCUT2D eigenvalue weighted by Crippen LogP contribution is -2.06. The normalized spacial score (nSPS) is 10.8. The summed E-state index contributed by atoms with van der Waals surface area (Å²) in [5.74, 6) is -0.0903. The number of hydrogen-bond donors (Lipinski definition) is 2. The van der Waals surface area contributed by atoms with Gasteiger partial charge in [-0.25, -0.2) is 4.79 Å². The summed E-state index contributed by atoms with van der Waals surface area (Å²) in [6, 6.07) is 12.3. The highest BCUT2D eigenvalue weighted by Gasteiger charge is 2.14. The number of fused-ring (bicyclic) bond motifs is 1. The highest BCUT2D eigenvalue weighted by atomic mass is 16.4. The zero-order chi connectivity index (χ0) is 14.3. The molecule has 4 nitrogen and oxygen atoms in total. The summed E-state index contributed by atoms with van der Waals surface area (Å²) in [6.45, 7) is 1.85. The van der Waals surface area contributed by atoms with Crippen LogP contribution in [-0.4, -0.2) is 5.11 Å². The van der Waals surface area contributed by atoms with Crippen molar-refractivity contribution in [2.45, 2.75) is 6.92 Å². The fraction of sp³-hybridized carbons (Fsp3) is 0.0625. The van der Waals surface area contributed by atoms with Crippen molar-refractivity contribution in [3.63, 3.8) is 0 Å². The quantitative estimate of drug-likeness (QED) is 0.403. The van der Waals surface area contributed by atoms with E-state index in [1.54, 1.807) is 6.07 Å². The van der Waals surface area contributed by atoms with Gasteiger partial charge in [0.25, 0.3) is 0 Å². The molecule has 0 bridgehead atoms. The number of phenols is 1. The van der Waals surface area contributed by atoms with Crippen LogP contribution >= 0.6 is 0 Å². The molecule has 3 aromatic rings. The molecule has 0 amide bonds. The maximum Gasteiger partial charge on any atom is 0.344 e. The van der Waals surface area contributed by atoms with E-state index in [0.717, 1.165) is 16.5 Å². The molecular weight excluding hydrogens is 254 g/mol. The standard InChI is InChI=1S/C16H13NO3/c1-9-11-7-12(17)13(18)8-14(11)20-16(19)15(9)10-5-3-2-4-6-10/h2-8,18H,17H2,1H3. The van der Waals surface area contributed by atoms with Gasteiger partial charge in [0, 0.05) is 11.5 Å². The average molecular weight is 267 g/mol. The van der Waals surface area contributed by atoms with Crippen LogP contribution in [0.2, 0.25) is 0 Å². The van der Waals surface area contributed by atoms with Crippen molar-refractivity contribution in [2.24, 2.45) is 0 Å². The van der Waals surface area contributed by atoms with Gasteiger partial charge in [0.1, 0.15) is 11.3 Å². The molecule has 3 rings (SSSR count). The molecule has 3 N–H and O–H groups in total. The minimum atomic E-state index is -0.426. The molecule has 20 heavy (non-hydrogen) atoms. The first-order valence-electron chi connectivity index (χ1n) is 6.19. The third-order valence-corrected chi connectivity index (χ3v) is 3.38. The molecule has 4 heteroatoms. The van der Waals surface area contributed by atoms with E-state index < -0.39 is 5.63 Å². The van der Waals surface area contributed by atoms with Crippen LogP contribution in [0, 0.1) is 6.92 Å². The molecule has 0 saturated carbocycles. The Bertz CT molecular complexity index is 851. The highest BCUT2D eigenvalue weighted by molar-refractivity contribution is 5.90. The summed E-state index contributed by atoms with van der Waals surface area (Å²) in [5, 5.41) is 10.3. The Morgan fingerprint density at radius 1 is 1.15 bits per heavy atom. The molecule has 100 valence electrons. The van der Waals surface area contributed by atoms with Crippen molar-refractivity contribution < 1.29 is 9.52 Å². The molecule has 0 atom stereocenters. The second kappa shape index (κ2) is 4.42. The molecule has 0 aliphatic rings. The van der Waals surface area contributed by atoms with Gasteiger partial charge >= 0.3 is 5.63 Å². The molecule has 0 aliphatic carbocycles. The number of aromatic hydroxyl groups is 1. The summed E-state index contributed by atoms with van der Waals surface area (Å²) in [6.07, 6.45) is 0. The van der Waals surface area contributed by atoms with Gasteiger partial charge < -0.3 is 15.3 Å². The Kier molecular flexibility index (Phi) is 2.71. The summed E-state index contributed by atoms with van der Waals surface area (Å²) < 4.78 is 5.29.